The fraction of sp³-hybridized carbons (Fsp3) is 0.0909. The third-order valence-corrected chi connectivity index (χ3v) is 1.64. The second-order valence-electron chi connectivity index (χ2n) is 2.72. The fourth-order valence-corrected chi connectivity index (χ4v) is 0.931. The summed E-state index contributed by atoms with van der Waals surface area (Å²) in [7, 11) is 0. The van der Waals surface area contributed by atoms with Gasteiger partial charge >= 0.3 is 0 Å². The molecule has 0 unspecified atom stereocenters. The first-order valence-electron chi connectivity index (χ1n) is 4.45. The van der Waals surface area contributed by atoms with Crippen LogP contribution >= 0.6 is 0 Å². The normalized spacial score (nSPS) is 11.1. The largest absolute Gasteiger partial charge is 0.274 e. The summed E-state index contributed by atoms with van der Waals surface area (Å²) in [4.78, 5) is 11.3. The highest BCUT2D eigenvalue weighted by Crippen LogP contribution is 2.05. The summed E-state index contributed by atoms with van der Waals surface area (Å²) in [5.41, 5.74) is 2.20. The Bertz CT molecular complexity index is 399. The van der Waals surface area contributed by atoms with Gasteiger partial charge in [-0.05, 0) is 25.1 Å². The van der Waals surface area contributed by atoms with Crippen molar-refractivity contribution in [1.29, 1.82) is 0 Å². The van der Waals surface area contributed by atoms with Crippen LogP contribution in [0.15, 0.2) is 41.5 Å². The molecule has 0 aliphatic heterocycles. The van der Waals surface area contributed by atoms with Crippen molar-refractivity contribution in [2.24, 2.45) is 5.10 Å². The van der Waals surface area contributed by atoms with Crippen LogP contribution in [0.25, 0.3) is 0 Å². The van der Waals surface area contributed by atoms with E-state index in [9.17, 15) is 9.18 Å². The summed E-state index contributed by atoms with van der Waals surface area (Å²) < 4.78 is 13.1. The molecule has 0 aromatic heterocycles. The first kappa shape index (κ1) is 11.1. The average molecular weight is 206 g/mol. The molecule has 1 rings (SSSR count). The third-order valence-electron chi connectivity index (χ3n) is 1.64. The lowest BCUT2D eigenvalue weighted by molar-refractivity contribution is 0.0951. The molecule has 0 spiro atoms. The van der Waals surface area contributed by atoms with Crippen molar-refractivity contribution in [3.05, 3.63) is 47.8 Å². The monoisotopic (exact) mass is 206 g/mol. The van der Waals surface area contributed by atoms with Gasteiger partial charge in [-0.1, -0.05) is 18.2 Å². The van der Waals surface area contributed by atoms with Gasteiger partial charge < -0.3 is 0 Å². The molecule has 0 heterocycles. The van der Waals surface area contributed by atoms with E-state index in [2.05, 4.69) is 10.5 Å². The van der Waals surface area contributed by atoms with Crippen LogP contribution in [0, 0.1) is 5.82 Å². The van der Waals surface area contributed by atoms with Gasteiger partial charge in [0.1, 0.15) is 5.82 Å². The Morgan fingerprint density at radius 2 is 2.20 bits per heavy atom. The van der Waals surface area contributed by atoms with Crippen LogP contribution in [0.5, 0.6) is 0 Å². The molecule has 1 aromatic rings. The Balaban J connectivity index is 2.66. The maximum atomic E-state index is 13.1. The molecule has 0 saturated carbocycles. The molecule has 0 saturated heterocycles. The number of rotatable bonds is 3. The predicted octanol–water partition coefficient (Wildman–Crippen LogP) is 2.12. The van der Waals surface area contributed by atoms with Crippen molar-refractivity contribution in [3.63, 3.8) is 0 Å². The average Bonchev–Trinajstić information content (AvgIpc) is 2.25. The maximum Gasteiger partial charge on any atom is 0.274 e. The number of amides is 1. The van der Waals surface area contributed by atoms with Gasteiger partial charge in [-0.25, -0.2) is 9.82 Å². The number of nitrogens with zero attached hydrogens (tertiary/aromatic N) is 1. The lowest BCUT2D eigenvalue weighted by atomic mass is 10.2. The van der Waals surface area contributed by atoms with Crippen LogP contribution in [-0.2, 0) is 0 Å². The lowest BCUT2D eigenvalue weighted by Crippen LogP contribution is -2.18. The molecule has 1 amide bonds. The Morgan fingerprint density at radius 3 is 2.87 bits per heavy atom. The van der Waals surface area contributed by atoms with Gasteiger partial charge in [0, 0.05) is 6.21 Å². The number of hydrogen-bond acceptors (Lipinski definition) is 2. The van der Waals surface area contributed by atoms with Crippen LogP contribution in [-0.4, -0.2) is 12.1 Å². The van der Waals surface area contributed by atoms with E-state index in [1.165, 1.54) is 24.4 Å². The Morgan fingerprint density at radius 1 is 1.47 bits per heavy atom. The lowest BCUT2D eigenvalue weighted by Gasteiger charge is -1.99. The number of allylic oxidation sites excluding steroid dienone is 2. The minimum absolute atomic E-state index is 0.0184. The number of carbonyl (C=O) groups excluding carboxylic acids is 1. The molecular weight excluding hydrogens is 195 g/mol. The topological polar surface area (TPSA) is 41.5 Å². The molecule has 78 valence electrons. The van der Waals surface area contributed by atoms with Crippen molar-refractivity contribution in [2.75, 3.05) is 0 Å². The minimum atomic E-state index is -0.561. The number of hydrogen-bond donors (Lipinski definition) is 1. The van der Waals surface area contributed by atoms with E-state index in [0.717, 1.165) is 0 Å². The Labute approximate surface area is 87.3 Å². The van der Waals surface area contributed by atoms with E-state index in [0.29, 0.717) is 0 Å². The van der Waals surface area contributed by atoms with Gasteiger partial charge in [-0.3, -0.25) is 4.79 Å². The van der Waals surface area contributed by atoms with Crippen molar-refractivity contribution in [1.82, 2.24) is 5.43 Å². The number of benzene rings is 1. The standard InChI is InChI=1S/C11H11FN2O/c1-2-3-8-13-14-11(15)9-6-4-5-7-10(9)12/h2-8H,1H3,(H,14,15). The predicted molar refractivity (Wildman–Crippen MR) is 57.2 cm³/mol. The maximum absolute atomic E-state index is 13.1. The first-order chi connectivity index (χ1) is 7.25. The zero-order valence-electron chi connectivity index (χ0n) is 8.27. The van der Waals surface area contributed by atoms with Crippen LogP contribution in [0.1, 0.15) is 17.3 Å². The van der Waals surface area contributed by atoms with Crippen molar-refractivity contribution in [2.45, 2.75) is 6.92 Å². The molecule has 15 heavy (non-hydrogen) atoms. The molecule has 0 fully saturated rings. The summed E-state index contributed by atoms with van der Waals surface area (Å²) >= 11 is 0. The van der Waals surface area contributed by atoms with E-state index < -0.39 is 11.7 Å². The van der Waals surface area contributed by atoms with E-state index in [4.69, 9.17) is 0 Å². The molecule has 0 aliphatic carbocycles. The molecule has 4 heteroatoms. The molecule has 1 aromatic carbocycles. The van der Waals surface area contributed by atoms with Gasteiger partial charge in [-0.15, -0.1) is 0 Å². The van der Waals surface area contributed by atoms with E-state index in [-0.39, 0.29) is 5.56 Å². The summed E-state index contributed by atoms with van der Waals surface area (Å²) in [5, 5.41) is 3.60. The molecular formula is C11H11FN2O. The summed E-state index contributed by atoms with van der Waals surface area (Å²) in [5.74, 6) is -1.12. The fourth-order valence-electron chi connectivity index (χ4n) is 0.931. The highest BCUT2D eigenvalue weighted by Gasteiger charge is 2.08. The van der Waals surface area contributed by atoms with Crippen molar-refractivity contribution < 1.29 is 9.18 Å². The summed E-state index contributed by atoms with van der Waals surface area (Å²) in [6.07, 6.45) is 4.83. The zero-order chi connectivity index (χ0) is 11.1. The highest BCUT2D eigenvalue weighted by atomic mass is 19.1. The van der Waals surface area contributed by atoms with Crippen molar-refractivity contribution in [3.8, 4) is 0 Å². The highest BCUT2D eigenvalue weighted by molar-refractivity contribution is 5.94. The van der Waals surface area contributed by atoms with Crippen LogP contribution in [0.4, 0.5) is 4.39 Å². The number of hydrazone groups is 1. The summed E-state index contributed by atoms with van der Waals surface area (Å²) in [6.45, 7) is 1.82. The van der Waals surface area contributed by atoms with Crippen LogP contribution in [0.3, 0.4) is 0 Å². The molecule has 0 bridgehead atoms. The first-order valence-corrected chi connectivity index (χ1v) is 4.45. The van der Waals surface area contributed by atoms with Gasteiger partial charge in [-0.2, -0.15) is 5.10 Å². The van der Waals surface area contributed by atoms with E-state index >= 15 is 0 Å². The Hall–Kier alpha value is -1.97. The summed E-state index contributed by atoms with van der Waals surface area (Å²) in [6, 6.07) is 5.74. The van der Waals surface area contributed by atoms with Gasteiger partial charge in [0.05, 0.1) is 5.56 Å². The minimum Gasteiger partial charge on any atom is -0.267 e. The second-order valence-corrected chi connectivity index (χ2v) is 2.72. The zero-order valence-corrected chi connectivity index (χ0v) is 8.27. The molecule has 3 nitrogen and oxygen atoms in total. The molecule has 0 atom stereocenters. The second kappa shape index (κ2) is 5.70. The molecule has 0 radical (unpaired) electrons. The SMILES string of the molecule is CC=CC=NNC(=O)c1ccccc1F. The van der Waals surface area contributed by atoms with Gasteiger partial charge in [0.15, 0.2) is 0 Å². The molecule has 1 N–H and O–H groups in total. The van der Waals surface area contributed by atoms with E-state index in [1.54, 1.807) is 18.2 Å². The number of nitrogens with one attached hydrogen (secondary N) is 1. The number of carbonyl (C=O) groups is 1. The van der Waals surface area contributed by atoms with Gasteiger partial charge in [0.25, 0.3) is 5.91 Å². The third kappa shape index (κ3) is 3.34. The van der Waals surface area contributed by atoms with E-state index in [1.807, 2.05) is 6.92 Å². The van der Waals surface area contributed by atoms with Crippen LogP contribution < -0.4 is 5.43 Å². The van der Waals surface area contributed by atoms with Gasteiger partial charge in [0.2, 0.25) is 0 Å². The molecule has 0 aliphatic rings. The van der Waals surface area contributed by atoms with Crippen molar-refractivity contribution >= 4 is 12.1 Å². The smallest absolute Gasteiger partial charge is 0.267 e. The van der Waals surface area contributed by atoms with Crippen LogP contribution in [0.2, 0.25) is 0 Å². The quantitative estimate of drug-likeness (QED) is 0.597. The Kier molecular flexibility index (Phi) is 4.22. The number of halogens is 1.